The van der Waals surface area contributed by atoms with Gasteiger partial charge >= 0.3 is 6.61 Å². The van der Waals surface area contributed by atoms with Crippen LogP contribution in [0.4, 0.5) is 8.78 Å². The molecule has 0 radical (unpaired) electrons. The maximum atomic E-state index is 12.4. The number of ether oxygens (including phenoxy) is 1. The number of aromatic nitrogens is 1. The van der Waals surface area contributed by atoms with Crippen LogP contribution in [0.3, 0.4) is 0 Å². The van der Waals surface area contributed by atoms with Gasteiger partial charge in [0, 0.05) is 21.5 Å². The van der Waals surface area contributed by atoms with E-state index in [0.717, 1.165) is 11.3 Å². The monoisotopic (exact) mass is 453 g/mol. The zero-order chi connectivity index (χ0) is 20.8. The molecule has 0 fully saturated rings. The quantitative estimate of drug-likeness (QED) is 0.314. The highest BCUT2D eigenvalue weighted by Gasteiger charge is 2.09. The molecule has 0 atom stereocenters. The average molecular weight is 454 g/mol. The van der Waals surface area contributed by atoms with E-state index < -0.39 is 6.61 Å². The van der Waals surface area contributed by atoms with E-state index in [9.17, 15) is 8.78 Å². The van der Waals surface area contributed by atoms with Gasteiger partial charge in [-0.2, -0.15) is 13.9 Å². The number of rotatable bonds is 7. The van der Waals surface area contributed by atoms with Gasteiger partial charge in [0.15, 0.2) is 0 Å². The molecule has 1 heterocycles. The highest BCUT2D eigenvalue weighted by molar-refractivity contribution is 7.07. The van der Waals surface area contributed by atoms with Crippen LogP contribution in [0.15, 0.2) is 70.6 Å². The minimum atomic E-state index is -2.87. The van der Waals surface area contributed by atoms with Gasteiger partial charge in [0.1, 0.15) is 5.75 Å². The molecule has 1 aromatic heterocycles. The Bertz CT molecular complexity index is 1090. The van der Waals surface area contributed by atoms with Crippen LogP contribution in [0, 0.1) is 0 Å². The summed E-state index contributed by atoms with van der Waals surface area (Å²) >= 11 is 13.5. The first-order chi connectivity index (χ1) is 14.0. The van der Waals surface area contributed by atoms with E-state index in [1.54, 1.807) is 47.3 Å². The number of halogens is 4. The van der Waals surface area contributed by atoms with Crippen molar-refractivity contribution in [3.05, 3.63) is 80.9 Å². The Morgan fingerprint density at radius 3 is 2.59 bits per heavy atom. The second kappa shape index (κ2) is 9.82. The minimum absolute atomic E-state index is 0.0820. The Hall–Kier alpha value is -2.48. The summed E-state index contributed by atoms with van der Waals surface area (Å²) in [7, 11) is 0. The van der Waals surface area contributed by atoms with Crippen molar-refractivity contribution in [3.63, 3.8) is 0 Å². The summed E-state index contributed by atoms with van der Waals surface area (Å²) in [6.45, 7) is 1.23. The Balaban J connectivity index is 2.01. The van der Waals surface area contributed by atoms with Crippen LogP contribution in [0.25, 0.3) is 11.3 Å². The van der Waals surface area contributed by atoms with E-state index in [1.165, 1.54) is 23.5 Å². The van der Waals surface area contributed by atoms with Gasteiger partial charge in [-0.3, -0.25) is 4.99 Å². The smallest absolute Gasteiger partial charge is 0.387 e. The second-order valence-corrected chi connectivity index (χ2v) is 7.34. The van der Waals surface area contributed by atoms with Gasteiger partial charge in [-0.15, -0.1) is 17.9 Å². The summed E-state index contributed by atoms with van der Waals surface area (Å²) in [5, 5.41) is 7.40. The van der Waals surface area contributed by atoms with Crippen molar-refractivity contribution in [2.75, 3.05) is 6.54 Å². The topological polar surface area (TPSA) is 38.9 Å². The Labute approximate surface area is 180 Å². The number of alkyl halides is 2. The van der Waals surface area contributed by atoms with Gasteiger partial charge in [-0.25, -0.2) is 4.68 Å². The lowest BCUT2D eigenvalue weighted by atomic mass is 10.2. The third-order valence-corrected chi connectivity index (χ3v) is 5.11. The molecular weight excluding hydrogens is 439 g/mol. The standard InChI is InChI=1S/C20H15Cl2F2N3OS/c1-2-9-25-20-27(26-11-14-3-6-15(21)10-17(14)22)18(12-29-20)13-4-7-16(8-5-13)28-19(23)24/h2-8,10-12,19H,1,9H2/b25-20?,26-11+. The van der Waals surface area contributed by atoms with Crippen LogP contribution >= 0.6 is 34.5 Å². The summed E-state index contributed by atoms with van der Waals surface area (Å²) in [4.78, 5) is 5.10. The van der Waals surface area contributed by atoms with E-state index in [1.807, 2.05) is 5.38 Å². The van der Waals surface area contributed by atoms with Crippen molar-refractivity contribution in [3.8, 4) is 17.0 Å². The molecular formula is C20H15Cl2F2N3OS. The van der Waals surface area contributed by atoms with Crippen LogP contribution < -0.4 is 9.54 Å². The molecule has 0 saturated carbocycles. The molecule has 0 amide bonds. The SMILES string of the molecule is C=CCN=c1scc(-c2ccc(OC(F)F)cc2)n1/N=C/c1ccc(Cl)cc1Cl. The fourth-order valence-electron chi connectivity index (χ4n) is 2.39. The Morgan fingerprint density at radius 2 is 1.93 bits per heavy atom. The summed E-state index contributed by atoms with van der Waals surface area (Å²) in [6, 6.07) is 11.4. The van der Waals surface area contributed by atoms with Crippen molar-refractivity contribution in [2.45, 2.75) is 6.61 Å². The lowest BCUT2D eigenvalue weighted by molar-refractivity contribution is -0.0498. The zero-order valence-corrected chi connectivity index (χ0v) is 17.3. The number of benzene rings is 2. The summed E-state index contributed by atoms with van der Waals surface area (Å²) in [5.41, 5.74) is 2.20. The highest BCUT2D eigenvalue weighted by atomic mass is 35.5. The van der Waals surface area contributed by atoms with E-state index in [0.29, 0.717) is 27.0 Å². The van der Waals surface area contributed by atoms with Crippen LogP contribution in [0.5, 0.6) is 5.75 Å². The molecule has 0 N–H and O–H groups in total. The lowest BCUT2D eigenvalue weighted by Crippen LogP contribution is -2.12. The molecule has 0 aliphatic heterocycles. The highest BCUT2D eigenvalue weighted by Crippen LogP contribution is 2.24. The lowest BCUT2D eigenvalue weighted by Gasteiger charge is -2.07. The van der Waals surface area contributed by atoms with Crippen LogP contribution in [-0.4, -0.2) is 24.0 Å². The normalized spacial score (nSPS) is 12.1. The molecule has 0 unspecified atom stereocenters. The van der Waals surface area contributed by atoms with Crippen molar-refractivity contribution in [2.24, 2.45) is 10.1 Å². The van der Waals surface area contributed by atoms with E-state index in [-0.39, 0.29) is 5.75 Å². The fourth-order valence-corrected chi connectivity index (χ4v) is 3.70. The molecule has 0 aliphatic carbocycles. The number of thiazole rings is 1. The van der Waals surface area contributed by atoms with Gasteiger partial charge in [-0.1, -0.05) is 35.3 Å². The van der Waals surface area contributed by atoms with E-state index in [4.69, 9.17) is 23.2 Å². The van der Waals surface area contributed by atoms with Crippen molar-refractivity contribution >= 4 is 40.8 Å². The Morgan fingerprint density at radius 1 is 1.17 bits per heavy atom. The molecule has 3 rings (SSSR count). The number of nitrogens with zero attached hydrogens (tertiary/aromatic N) is 3. The van der Waals surface area contributed by atoms with Gasteiger partial charge in [0.2, 0.25) is 4.80 Å². The summed E-state index contributed by atoms with van der Waals surface area (Å²) in [6.07, 6.45) is 3.29. The second-order valence-electron chi connectivity index (χ2n) is 5.66. The third kappa shape index (κ3) is 5.53. The molecule has 150 valence electrons. The maximum absolute atomic E-state index is 12.4. The largest absolute Gasteiger partial charge is 0.435 e. The number of hydrogen-bond donors (Lipinski definition) is 0. The van der Waals surface area contributed by atoms with Gasteiger partial charge < -0.3 is 4.74 Å². The summed E-state index contributed by atoms with van der Waals surface area (Å²) < 4.78 is 30.8. The Kier molecular flexibility index (Phi) is 7.19. The fraction of sp³-hybridized carbons (Fsp3) is 0.100. The van der Waals surface area contributed by atoms with Crippen LogP contribution in [0.1, 0.15) is 5.56 Å². The summed E-state index contributed by atoms with van der Waals surface area (Å²) in [5.74, 6) is 0.0820. The van der Waals surface area contributed by atoms with Crippen molar-refractivity contribution in [1.29, 1.82) is 0 Å². The van der Waals surface area contributed by atoms with Gasteiger partial charge in [-0.05, 0) is 36.4 Å². The van der Waals surface area contributed by atoms with Gasteiger partial charge in [0.05, 0.1) is 23.5 Å². The van der Waals surface area contributed by atoms with Crippen molar-refractivity contribution in [1.82, 2.24) is 4.68 Å². The molecule has 0 spiro atoms. The molecule has 3 aromatic rings. The predicted molar refractivity (Wildman–Crippen MR) is 114 cm³/mol. The van der Waals surface area contributed by atoms with E-state index >= 15 is 0 Å². The molecule has 4 nitrogen and oxygen atoms in total. The maximum Gasteiger partial charge on any atom is 0.387 e. The average Bonchev–Trinajstić information content (AvgIpc) is 3.08. The first kappa shape index (κ1) is 21.2. The van der Waals surface area contributed by atoms with Gasteiger partial charge in [0.25, 0.3) is 0 Å². The van der Waals surface area contributed by atoms with Crippen LogP contribution in [-0.2, 0) is 0 Å². The van der Waals surface area contributed by atoms with Crippen LogP contribution in [0.2, 0.25) is 10.0 Å². The number of hydrogen-bond acceptors (Lipinski definition) is 4. The molecule has 9 heteroatoms. The molecule has 0 aliphatic rings. The zero-order valence-electron chi connectivity index (χ0n) is 14.9. The van der Waals surface area contributed by atoms with Crippen molar-refractivity contribution < 1.29 is 13.5 Å². The molecule has 0 bridgehead atoms. The predicted octanol–water partition coefficient (Wildman–Crippen LogP) is 6.09. The first-order valence-electron chi connectivity index (χ1n) is 8.34. The molecule has 2 aromatic carbocycles. The third-order valence-electron chi connectivity index (χ3n) is 3.69. The minimum Gasteiger partial charge on any atom is -0.435 e. The molecule has 29 heavy (non-hydrogen) atoms. The molecule has 0 saturated heterocycles. The first-order valence-corrected chi connectivity index (χ1v) is 9.98. The van der Waals surface area contributed by atoms with E-state index in [2.05, 4.69) is 21.4 Å².